The van der Waals surface area contributed by atoms with Crippen LogP contribution in [0, 0.1) is 0 Å². The number of anilines is 1. The van der Waals surface area contributed by atoms with E-state index in [-0.39, 0.29) is 10.6 Å². The summed E-state index contributed by atoms with van der Waals surface area (Å²) in [6, 6.07) is 11.3. The molecule has 0 spiro atoms. The molecular formula is C17H15Cl2NO4. The lowest BCUT2D eigenvalue weighted by Crippen LogP contribution is -2.30. The number of esters is 1. The fourth-order valence-electron chi connectivity index (χ4n) is 1.89. The van der Waals surface area contributed by atoms with Crippen LogP contribution in [0.4, 0.5) is 5.69 Å². The standard InChI is InChI=1S/C17H15Cl2NO4/c1-10(24-17(22)12-5-3-4-6-13(12)18)16(21)20-11-7-8-15(23-2)14(19)9-11/h3-10H,1-2H3,(H,20,21)/t10-/m0/s1. The lowest BCUT2D eigenvalue weighted by atomic mass is 10.2. The molecule has 0 aliphatic carbocycles. The highest BCUT2D eigenvalue weighted by atomic mass is 35.5. The third-order valence-electron chi connectivity index (χ3n) is 3.17. The first-order valence-electron chi connectivity index (χ1n) is 7.02. The van der Waals surface area contributed by atoms with E-state index in [0.29, 0.717) is 16.5 Å². The van der Waals surface area contributed by atoms with E-state index >= 15 is 0 Å². The number of carbonyl (C=O) groups excluding carboxylic acids is 2. The molecule has 126 valence electrons. The van der Waals surface area contributed by atoms with Crippen LogP contribution in [0.5, 0.6) is 5.75 Å². The monoisotopic (exact) mass is 367 g/mol. The van der Waals surface area contributed by atoms with Crippen molar-refractivity contribution in [2.24, 2.45) is 0 Å². The van der Waals surface area contributed by atoms with Crippen LogP contribution in [-0.4, -0.2) is 25.1 Å². The number of ether oxygens (including phenoxy) is 2. The summed E-state index contributed by atoms with van der Waals surface area (Å²) >= 11 is 11.9. The van der Waals surface area contributed by atoms with Gasteiger partial charge in [0.05, 0.1) is 22.7 Å². The molecule has 0 bridgehead atoms. The quantitative estimate of drug-likeness (QED) is 0.804. The minimum absolute atomic E-state index is 0.200. The van der Waals surface area contributed by atoms with Gasteiger partial charge in [-0.05, 0) is 37.3 Å². The number of halogens is 2. The van der Waals surface area contributed by atoms with Gasteiger partial charge in [0.15, 0.2) is 6.10 Å². The van der Waals surface area contributed by atoms with E-state index in [1.54, 1.807) is 36.4 Å². The van der Waals surface area contributed by atoms with Crippen LogP contribution >= 0.6 is 23.2 Å². The molecule has 0 unspecified atom stereocenters. The highest BCUT2D eigenvalue weighted by molar-refractivity contribution is 6.33. The van der Waals surface area contributed by atoms with Gasteiger partial charge in [-0.1, -0.05) is 35.3 Å². The van der Waals surface area contributed by atoms with Gasteiger partial charge in [0, 0.05) is 5.69 Å². The molecule has 0 heterocycles. The molecule has 0 aliphatic rings. The maximum atomic E-state index is 12.1. The van der Waals surface area contributed by atoms with Crippen LogP contribution in [-0.2, 0) is 9.53 Å². The normalized spacial score (nSPS) is 11.5. The van der Waals surface area contributed by atoms with Gasteiger partial charge < -0.3 is 14.8 Å². The zero-order valence-corrected chi connectivity index (χ0v) is 14.5. The van der Waals surface area contributed by atoms with Crippen molar-refractivity contribution in [1.29, 1.82) is 0 Å². The van der Waals surface area contributed by atoms with Crippen LogP contribution < -0.4 is 10.1 Å². The summed E-state index contributed by atoms with van der Waals surface area (Å²) in [5, 5.41) is 3.23. The molecular weight excluding hydrogens is 353 g/mol. The first-order valence-corrected chi connectivity index (χ1v) is 7.78. The molecule has 1 amide bonds. The van der Waals surface area contributed by atoms with Crippen molar-refractivity contribution in [2.75, 3.05) is 12.4 Å². The van der Waals surface area contributed by atoms with Gasteiger partial charge in [0.1, 0.15) is 5.75 Å². The van der Waals surface area contributed by atoms with Crippen molar-refractivity contribution >= 4 is 40.8 Å². The Balaban J connectivity index is 2.01. The molecule has 0 saturated heterocycles. The van der Waals surface area contributed by atoms with Crippen molar-refractivity contribution in [1.82, 2.24) is 0 Å². The number of nitrogens with one attached hydrogen (secondary N) is 1. The first-order chi connectivity index (χ1) is 11.4. The summed E-state index contributed by atoms with van der Waals surface area (Å²) in [4.78, 5) is 24.2. The van der Waals surface area contributed by atoms with Gasteiger partial charge in [-0.25, -0.2) is 4.79 Å². The topological polar surface area (TPSA) is 64.6 Å². The van der Waals surface area contributed by atoms with Crippen molar-refractivity contribution in [3.8, 4) is 5.75 Å². The molecule has 5 nitrogen and oxygen atoms in total. The third-order valence-corrected chi connectivity index (χ3v) is 3.79. The average molecular weight is 368 g/mol. The Bertz CT molecular complexity index is 764. The highest BCUT2D eigenvalue weighted by Crippen LogP contribution is 2.27. The van der Waals surface area contributed by atoms with Gasteiger partial charge in [-0.3, -0.25) is 4.79 Å². The van der Waals surface area contributed by atoms with Gasteiger partial charge in [0.25, 0.3) is 5.91 Å². The second-order valence-corrected chi connectivity index (χ2v) is 5.68. The maximum Gasteiger partial charge on any atom is 0.340 e. The molecule has 0 aliphatic heterocycles. The molecule has 0 radical (unpaired) electrons. The molecule has 2 aromatic carbocycles. The molecule has 1 atom stereocenters. The number of methoxy groups -OCH3 is 1. The summed E-state index contributed by atoms with van der Waals surface area (Å²) in [5.74, 6) is -0.666. The van der Waals surface area contributed by atoms with E-state index in [2.05, 4.69) is 5.32 Å². The van der Waals surface area contributed by atoms with E-state index in [1.807, 2.05) is 0 Å². The van der Waals surface area contributed by atoms with Crippen molar-refractivity contribution in [2.45, 2.75) is 13.0 Å². The van der Waals surface area contributed by atoms with Gasteiger partial charge in [-0.2, -0.15) is 0 Å². The predicted octanol–water partition coefficient (Wildman–Crippen LogP) is 4.19. The fraction of sp³-hybridized carbons (Fsp3) is 0.176. The molecule has 1 N–H and O–H groups in total. The zero-order valence-electron chi connectivity index (χ0n) is 13.0. The van der Waals surface area contributed by atoms with Crippen molar-refractivity contribution in [3.63, 3.8) is 0 Å². The highest BCUT2D eigenvalue weighted by Gasteiger charge is 2.20. The predicted molar refractivity (Wildman–Crippen MR) is 93.0 cm³/mol. The maximum absolute atomic E-state index is 12.1. The summed E-state index contributed by atoms with van der Waals surface area (Å²) in [6.45, 7) is 1.47. The minimum Gasteiger partial charge on any atom is -0.495 e. The largest absolute Gasteiger partial charge is 0.495 e. The van der Waals surface area contributed by atoms with Gasteiger partial charge in [-0.15, -0.1) is 0 Å². The number of rotatable bonds is 5. The second-order valence-electron chi connectivity index (χ2n) is 4.87. The molecule has 0 fully saturated rings. The zero-order chi connectivity index (χ0) is 17.7. The Labute approximate surface area is 149 Å². The third kappa shape index (κ3) is 4.40. The van der Waals surface area contributed by atoms with E-state index in [4.69, 9.17) is 32.7 Å². The SMILES string of the molecule is COc1ccc(NC(=O)[C@H](C)OC(=O)c2ccccc2Cl)cc1Cl. The van der Waals surface area contributed by atoms with E-state index < -0.39 is 18.0 Å². The van der Waals surface area contributed by atoms with Crippen LogP contribution in [0.2, 0.25) is 10.0 Å². The molecule has 0 aromatic heterocycles. The van der Waals surface area contributed by atoms with Crippen LogP contribution in [0.25, 0.3) is 0 Å². The van der Waals surface area contributed by atoms with Crippen LogP contribution in [0.15, 0.2) is 42.5 Å². The van der Waals surface area contributed by atoms with Gasteiger partial charge >= 0.3 is 5.97 Å². The Morgan fingerprint density at radius 3 is 2.42 bits per heavy atom. The van der Waals surface area contributed by atoms with Crippen molar-refractivity contribution in [3.05, 3.63) is 58.1 Å². The Hall–Kier alpha value is -2.24. The summed E-state index contributed by atoms with van der Waals surface area (Å²) < 4.78 is 10.2. The number of hydrogen-bond donors (Lipinski definition) is 1. The molecule has 2 rings (SSSR count). The Morgan fingerprint density at radius 1 is 1.08 bits per heavy atom. The second kappa shape index (κ2) is 8.04. The lowest BCUT2D eigenvalue weighted by Gasteiger charge is -2.14. The average Bonchev–Trinajstić information content (AvgIpc) is 2.55. The minimum atomic E-state index is -1.00. The molecule has 2 aromatic rings. The smallest absolute Gasteiger partial charge is 0.340 e. The summed E-state index contributed by atoms with van der Waals surface area (Å²) in [6.07, 6.45) is -1.00. The number of benzene rings is 2. The van der Waals surface area contributed by atoms with Crippen LogP contribution in [0.3, 0.4) is 0 Å². The number of amides is 1. The summed E-state index contributed by atoms with van der Waals surface area (Å²) in [7, 11) is 1.50. The fourth-order valence-corrected chi connectivity index (χ4v) is 2.36. The Kier molecular flexibility index (Phi) is 6.06. The van der Waals surface area contributed by atoms with E-state index in [9.17, 15) is 9.59 Å². The van der Waals surface area contributed by atoms with Crippen LogP contribution in [0.1, 0.15) is 17.3 Å². The number of hydrogen-bond acceptors (Lipinski definition) is 4. The molecule has 0 saturated carbocycles. The Morgan fingerprint density at radius 2 is 1.79 bits per heavy atom. The number of carbonyl (C=O) groups is 2. The lowest BCUT2D eigenvalue weighted by molar-refractivity contribution is -0.123. The van der Waals surface area contributed by atoms with E-state index in [1.165, 1.54) is 20.1 Å². The van der Waals surface area contributed by atoms with Gasteiger partial charge in [0.2, 0.25) is 0 Å². The molecule has 24 heavy (non-hydrogen) atoms. The first kappa shape index (κ1) is 18.1. The van der Waals surface area contributed by atoms with Crippen molar-refractivity contribution < 1.29 is 19.1 Å². The summed E-state index contributed by atoms with van der Waals surface area (Å²) in [5.41, 5.74) is 0.665. The molecule has 7 heteroatoms. The van der Waals surface area contributed by atoms with E-state index in [0.717, 1.165) is 0 Å².